The fraction of sp³-hybridized carbons (Fsp3) is 0.467. The molecular formula is C15H21ClN2O2. The van der Waals surface area contributed by atoms with Crippen molar-refractivity contribution in [3.05, 3.63) is 34.9 Å². The molecule has 2 amide bonds. The number of rotatable bonds is 5. The van der Waals surface area contributed by atoms with Crippen molar-refractivity contribution in [3.63, 3.8) is 0 Å². The number of carbonyl (C=O) groups is 2. The van der Waals surface area contributed by atoms with Crippen molar-refractivity contribution >= 4 is 23.4 Å². The first-order valence-electron chi connectivity index (χ1n) is 6.64. The molecule has 5 heteroatoms. The van der Waals surface area contributed by atoms with Crippen molar-refractivity contribution in [2.24, 2.45) is 5.92 Å². The third-order valence-electron chi connectivity index (χ3n) is 3.02. The van der Waals surface area contributed by atoms with Crippen molar-refractivity contribution in [1.29, 1.82) is 0 Å². The van der Waals surface area contributed by atoms with Crippen LogP contribution in [-0.4, -0.2) is 17.9 Å². The van der Waals surface area contributed by atoms with Gasteiger partial charge < -0.3 is 10.6 Å². The molecule has 0 aliphatic rings. The second-order valence-corrected chi connectivity index (χ2v) is 5.64. The molecule has 0 fully saturated rings. The van der Waals surface area contributed by atoms with Crippen LogP contribution < -0.4 is 10.6 Å². The summed E-state index contributed by atoms with van der Waals surface area (Å²) >= 11 is 5.94. The summed E-state index contributed by atoms with van der Waals surface area (Å²) in [6, 6.07) is 6.64. The number of amides is 2. The van der Waals surface area contributed by atoms with Crippen LogP contribution in [0.1, 0.15) is 39.3 Å². The van der Waals surface area contributed by atoms with Gasteiger partial charge in [0.05, 0.1) is 6.04 Å². The Labute approximate surface area is 124 Å². The van der Waals surface area contributed by atoms with Gasteiger partial charge in [-0.1, -0.05) is 37.6 Å². The second kappa shape index (κ2) is 7.29. The third kappa shape index (κ3) is 4.85. The molecule has 0 aromatic heterocycles. The zero-order valence-corrected chi connectivity index (χ0v) is 13.0. The van der Waals surface area contributed by atoms with Gasteiger partial charge in [-0.3, -0.25) is 9.59 Å². The van der Waals surface area contributed by atoms with Gasteiger partial charge in [0, 0.05) is 11.9 Å². The van der Waals surface area contributed by atoms with Crippen LogP contribution in [-0.2, 0) is 9.59 Å². The van der Waals surface area contributed by atoms with E-state index < -0.39 is 6.04 Å². The van der Waals surface area contributed by atoms with E-state index in [0.717, 1.165) is 5.56 Å². The summed E-state index contributed by atoms with van der Waals surface area (Å²) in [5.41, 5.74) is 0.927. The predicted molar refractivity (Wildman–Crippen MR) is 80.5 cm³/mol. The summed E-state index contributed by atoms with van der Waals surface area (Å²) in [6.07, 6.45) is 0. The molecule has 1 aromatic carbocycles. The summed E-state index contributed by atoms with van der Waals surface area (Å²) < 4.78 is 0. The van der Waals surface area contributed by atoms with E-state index in [-0.39, 0.29) is 23.8 Å². The fourth-order valence-corrected chi connectivity index (χ4v) is 2.12. The van der Waals surface area contributed by atoms with Gasteiger partial charge in [-0.05, 0) is 30.5 Å². The lowest BCUT2D eigenvalue weighted by atomic mass is 10.0. The maximum absolute atomic E-state index is 12.2. The van der Waals surface area contributed by atoms with E-state index in [4.69, 9.17) is 11.6 Å². The van der Waals surface area contributed by atoms with E-state index in [0.29, 0.717) is 5.02 Å². The van der Waals surface area contributed by atoms with Crippen LogP contribution in [0.15, 0.2) is 24.3 Å². The largest absolute Gasteiger partial charge is 0.348 e. The lowest BCUT2D eigenvalue weighted by Crippen LogP contribution is -2.49. The topological polar surface area (TPSA) is 58.2 Å². The summed E-state index contributed by atoms with van der Waals surface area (Å²) in [5, 5.41) is 6.20. The van der Waals surface area contributed by atoms with E-state index in [9.17, 15) is 9.59 Å². The average Bonchev–Trinajstić information content (AvgIpc) is 2.35. The zero-order chi connectivity index (χ0) is 15.3. The highest BCUT2D eigenvalue weighted by molar-refractivity contribution is 6.30. The molecule has 0 aliphatic heterocycles. The average molecular weight is 297 g/mol. The summed E-state index contributed by atoms with van der Waals surface area (Å²) in [4.78, 5) is 23.4. The Morgan fingerprint density at radius 2 is 1.80 bits per heavy atom. The first-order valence-corrected chi connectivity index (χ1v) is 7.02. The smallest absolute Gasteiger partial charge is 0.243 e. The summed E-state index contributed by atoms with van der Waals surface area (Å²) in [5.74, 6) is -0.387. The standard InChI is InChI=1S/C15H21ClN2O2/c1-9(2)14(18-11(4)19)15(20)17-10(3)12-6-5-7-13(16)8-12/h5-10,14H,1-4H3,(H,17,20)(H,18,19). The maximum Gasteiger partial charge on any atom is 0.243 e. The quantitative estimate of drug-likeness (QED) is 0.877. The molecule has 0 saturated heterocycles. The molecule has 2 N–H and O–H groups in total. The van der Waals surface area contributed by atoms with Crippen molar-refractivity contribution in [2.75, 3.05) is 0 Å². The minimum absolute atomic E-state index is 0.0189. The number of benzene rings is 1. The number of carbonyl (C=O) groups excluding carboxylic acids is 2. The van der Waals surface area contributed by atoms with E-state index in [1.165, 1.54) is 6.92 Å². The number of hydrogen-bond acceptors (Lipinski definition) is 2. The molecule has 0 bridgehead atoms. The number of halogens is 1. The van der Waals surface area contributed by atoms with E-state index in [2.05, 4.69) is 10.6 Å². The van der Waals surface area contributed by atoms with Gasteiger partial charge in [-0.25, -0.2) is 0 Å². The first-order chi connectivity index (χ1) is 9.31. The van der Waals surface area contributed by atoms with Crippen LogP contribution in [0.4, 0.5) is 0 Å². The lowest BCUT2D eigenvalue weighted by molar-refractivity contribution is -0.129. The van der Waals surface area contributed by atoms with Gasteiger partial charge in [-0.15, -0.1) is 0 Å². The molecular weight excluding hydrogens is 276 g/mol. The molecule has 0 aliphatic carbocycles. The summed E-state index contributed by atoms with van der Waals surface area (Å²) in [6.45, 7) is 7.08. The van der Waals surface area contributed by atoms with Crippen molar-refractivity contribution < 1.29 is 9.59 Å². The highest BCUT2D eigenvalue weighted by atomic mass is 35.5. The Balaban J connectivity index is 2.75. The molecule has 2 unspecified atom stereocenters. The van der Waals surface area contributed by atoms with E-state index >= 15 is 0 Å². The van der Waals surface area contributed by atoms with Crippen LogP contribution in [0.25, 0.3) is 0 Å². The summed E-state index contributed by atoms with van der Waals surface area (Å²) in [7, 11) is 0. The molecule has 0 saturated carbocycles. The lowest BCUT2D eigenvalue weighted by Gasteiger charge is -2.23. The van der Waals surface area contributed by atoms with Crippen LogP contribution >= 0.6 is 11.6 Å². The minimum Gasteiger partial charge on any atom is -0.348 e. The highest BCUT2D eigenvalue weighted by Gasteiger charge is 2.24. The SMILES string of the molecule is CC(=O)NC(C(=O)NC(C)c1cccc(Cl)c1)C(C)C. The normalized spacial score (nSPS) is 13.7. The van der Waals surface area contributed by atoms with Gasteiger partial charge in [0.25, 0.3) is 0 Å². The van der Waals surface area contributed by atoms with Crippen LogP contribution in [0.2, 0.25) is 5.02 Å². The molecule has 0 radical (unpaired) electrons. The van der Waals surface area contributed by atoms with Gasteiger partial charge in [0.2, 0.25) is 11.8 Å². The molecule has 2 atom stereocenters. The van der Waals surface area contributed by atoms with Crippen LogP contribution in [0, 0.1) is 5.92 Å². The van der Waals surface area contributed by atoms with Gasteiger partial charge in [0.1, 0.15) is 6.04 Å². The predicted octanol–water partition coefficient (Wildman–Crippen LogP) is 2.68. The molecule has 1 aromatic rings. The van der Waals surface area contributed by atoms with Crippen LogP contribution in [0.3, 0.4) is 0 Å². The Bertz CT molecular complexity index is 489. The zero-order valence-electron chi connectivity index (χ0n) is 12.2. The Morgan fingerprint density at radius 3 is 2.30 bits per heavy atom. The highest BCUT2D eigenvalue weighted by Crippen LogP contribution is 2.17. The molecule has 110 valence electrons. The number of hydrogen-bond donors (Lipinski definition) is 2. The van der Waals surface area contributed by atoms with E-state index in [1.807, 2.05) is 39.0 Å². The monoisotopic (exact) mass is 296 g/mol. The molecule has 0 heterocycles. The minimum atomic E-state index is -0.533. The van der Waals surface area contributed by atoms with Gasteiger partial charge >= 0.3 is 0 Å². The number of nitrogens with one attached hydrogen (secondary N) is 2. The maximum atomic E-state index is 12.2. The third-order valence-corrected chi connectivity index (χ3v) is 3.25. The first kappa shape index (κ1) is 16.5. The van der Waals surface area contributed by atoms with Crippen molar-refractivity contribution in [2.45, 2.75) is 39.8 Å². The molecule has 0 spiro atoms. The fourth-order valence-electron chi connectivity index (χ4n) is 1.92. The molecule has 4 nitrogen and oxygen atoms in total. The Morgan fingerprint density at radius 1 is 1.15 bits per heavy atom. The van der Waals surface area contributed by atoms with Gasteiger partial charge in [-0.2, -0.15) is 0 Å². The molecule has 1 rings (SSSR count). The van der Waals surface area contributed by atoms with Crippen molar-refractivity contribution in [3.8, 4) is 0 Å². The van der Waals surface area contributed by atoms with Crippen LogP contribution in [0.5, 0.6) is 0 Å². The Hall–Kier alpha value is -1.55. The van der Waals surface area contributed by atoms with E-state index in [1.54, 1.807) is 6.07 Å². The van der Waals surface area contributed by atoms with Crippen molar-refractivity contribution in [1.82, 2.24) is 10.6 Å². The van der Waals surface area contributed by atoms with Gasteiger partial charge in [0.15, 0.2) is 0 Å². The molecule has 20 heavy (non-hydrogen) atoms. The second-order valence-electron chi connectivity index (χ2n) is 5.21. The Kier molecular flexibility index (Phi) is 6.02.